The highest BCUT2D eigenvalue weighted by Crippen LogP contribution is 2.30. The second-order valence-corrected chi connectivity index (χ2v) is 7.27. The van der Waals surface area contributed by atoms with Gasteiger partial charge in [-0.15, -0.1) is 0 Å². The van der Waals surface area contributed by atoms with Gasteiger partial charge in [-0.3, -0.25) is 4.79 Å². The van der Waals surface area contributed by atoms with E-state index in [1.165, 1.54) is 12.1 Å². The largest absolute Gasteiger partial charge is 0.472 e. The third-order valence-corrected chi connectivity index (χ3v) is 5.08. The molecule has 0 unspecified atom stereocenters. The van der Waals surface area contributed by atoms with Crippen LogP contribution >= 0.6 is 0 Å². The molecular formula is C21H26FN3O3. The van der Waals surface area contributed by atoms with Gasteiger partial charge in [-0.25, -0.2) is 9.37 Å². The fourth-order valence-corrected chi connectivity index (χ4v) is 3.37. The molecule has 1 amide bonds. The normalized spacial score (nSPS) is 20.8. The summed E-state index contributed by atoms with van der Waals surface area (Å²) < 4.78 is 19.7. The number of hydrogen-bond acceptors (Lipinski definition) is 5. The number of halogens is 1. The summed E-state index contributed by atoms with van der Waals surface area (Å²) in [5, 5.41) is 12.8. The first-order chi connectivity index (χ1) is 13.4. The summed E-state index contributed by atoms with van der Waals surface area (Å²) >= 11 is 0. The maximum atomic E-state index is 13.6. The zero-order chi connectivity index (χ0) is 20.3. The number of rotatable bonds is 5. The molecule has 1 aliphatic heterocycles. The second kappa shape index (κ2) is 8.67. The van der Waals surface area contributed by atoms with Gasteiger partial charge >= 0.3 is 0 Å². The van der Waals surface area contributed by atoms with Crippen molar-refractivity contribution in [1.29, 1.82) is 0 Å². The number of pyridine rings is 1. The first-order valence-electron chi connectivity index (χ1n) is 9.43. The molecule has 2 heterocycles. The van der Waals surface area contributed by atoms with Crippen molar-refractivity contribution in [2.24, 2.45) is 5.92 Å². The van der Waals surface area contributed by atoms with Crippen molar-refractivity contribution in [3.63, 3.8) is 0 Å². The van der Waals surface area contributed by atoms with Gasteiger partial charge in [0, 0.05) is 30.8 Å². The molecule has 2 aromatic rings. The van der Waals surface area contributed by atoms with Gasteiger partial charge < -0.3 is 20.1 Å². The van der Waals surface area contributed by atoms with E-state index in [2.05, 4.69) is 10.3 Å². The Balaban J connectivity index is 2.08. The minimum Gasteiger partial charge on any atom is -0.472 e. The van der Waals surface area contributed by atoms with Crippen LogP contribution in [-0.4, -0.2) is 59.8 Å². The minimum absolute atomic E-state index is 0.0447. The number of amides is 1. The van der Waals surface area contributed by atoms with Crippen LogP contribution in [0, 0.1) is 11.7 Å². The first kappa shape index (κ1) is 20.2. The number of fused-ring (bicyclic) bond motifs is 1. The van der Waals surface area contributed by atoms with E-state index in [0.717, 1.165) is 0 Å². The molecule has 28 heavy (non-hydrogen) atoms. The van der Waals surface area contributed by atoms with Gasteiger partial charge in [0.1, 0.15) is 17.5 Å². The molecule has 0 radical (unpaired) electrons. The topological polar surface area (TPSA) is 74.7 Å². The number of carbonyl (C=O) groups excluding carboxylic acids is 1. The Kier molecular flexibility index (Phi) is 6.26. The van der Waals surface area contributed by atoms with Gasteiger partial charge in [-0.05, 0) is 37.7 Å². The van der Waals surface area contributed by atoms with Crippen LogP contribution in [0.1, 0.15) is 24.2 Å². The van der Waals surface area contributed by atoms with E-state index in [1.54, 1.807) is 29.3 Å². The van der Waals surface area contributed by atoms with E-state index in [1.807, 2.05) is 20.9 Å². The van der Waals surface area contributed by atoms with Crippen molar-refractivity contribution < 1.29 is 19.0 Å². The lowest BCUT2D eigenvalue weighted by atomic mass is 9.99. The molecule has 1 aromatic heterocycles. The number of aromatic nitrogens is 1. The molecule has 0 saturated heterocycles. The number of likely N-dealkylation sites (N-methyl/N-ethyl adjacent to an activating group) is 1. The smallest absolute Gasteiger partial charge is 0.259 e. The summed E-state index contributed by atoms with van der Waals surface area (Å²) in [6, 6.07) is 7.49. The maximum absolute atomic E-state index is 13.6. The number of hydrogen-bond donors (Lipinski definition) is 2. The van der Waals surface area contributed by atoms with Gasteiger partial charge in [0.05, 0.1) is 12.6 Å². The Morgan fingerprint density at radius 2 is 2.18 bits per heavy atom. The zero-order valence-corrected chi connectivity index (χ0v) is 16.4. The van der Waals surface area contributed by atoms with Crippen molar-refractivity contribution in [3.05, 3.63) is 47.9 Å². The third-order valence-electron chi connectivity index (χ3n) is 5.08. The van der Waals surface area contributed by atoms with Gasteiger partial charge in [0.2, 0.25) is 5.88 Å². The highest BCUT2D eigenvalue weighted by atomic mass is 19.1. The number of aliphatic hydroxyl groups excluding tert-OH is 1. The Morgan fingerprint density at radius 1 is 1.39 bits per heavy atom. The van der Waals surface area contributed by atoms with Crippen LogP contribution in [0.5, 0.6) is 5.88 Å². The molecule has 7 heteroatoms. The first-order valence-corrected chi connectivity index (χ1v) is 9.43. The lowest BCUT2D eigenvalue weighted by molar-refractivity contribution is 0.0404. The Labute approximate surface area is 164 Å². The molecule has 3 atom stereocenters. The van der Waals surface area contributed by atoms with Gasteiger partial charge in [-0.1, -0.05) is 19.1 Å². The summed E-state index contributed by atoms with van der Waals surface area (Å²) in [6.07, 6.45) is 1.40. The second-order valence-electron chi connectivity index (χ2n) is 7.27. The Hall–Kier alpha value is -2.51. The minimum atomic E-state index is -0.356. The van der Waals surface area contributed by atoms with E-state index in [-0.39, 0.29) is 42.3 Å². The lowest BCUT2D eigenvalue weighted by Crippen LogP contribution is -2.49. The van der Waals surface area contributed by atoms with Crippen LogP contribution in [0.15, 0.2) is 36.5 Å². The average Bonchev–Trinajstić information content (AvgIpc) is 2.70. The molecule has 1 aromatic carbocycles. The molecule has 3 rings (SSSR count). The van der Waals surface area contributed by atoms with Crippen LogP contribution in [0.25, 0.3) is 11.1 Å². The van der Waals surface area contributed by atoms with Crippen molar-refractivity contribution in [1.82, 2.24) is 15.2 Å². The van der Waals surface area contributed by atoms with Gasteiger partial charge in [0.15, 0.2) is 0 Å². The van der Waals surface area contributed by atoms with Gasteiger partial charge in [0.25, 0.3) is 5.91 Å². The van der Waals surface area contributed by atoms with Crippen LogP contribution in [0.3, 0.4) is 0 Å². The molecule has 0 saturated carbocycles. The van der Waals surface area contributed by atoms with E-state index in [9.17, 15) is 14.3 Å². The summed E-state index contributed by atoms with van der Waals surface area (Å²) in [6.45, 7) is 4.74. The number of benzene rings is 1. The average molecular weight is 387 g/mol. The highest BCUT2D eigenvalue weighted by molar-refractivity contribution is 5.98. The van der Waals surface area contributed by atoms with Crippen molar-refractivity contribution in [2.45, 2.75) is 26.0 Å². The number of ether oxygens (including phenoxy) is 1. The summed E-state index contributed by atoms with van der Waals surface area (Å²) in [4.78, 5) is 19.3. The van der Waals surface area contributed by atoms with Crippen LogP contribution in [0.4, 0.5) is 4.39 Å². The number of nitrogens with one attached hydrogen (secondary N) is 1. The van der Waals surface area contributed by atoms with E-state index < -0.39 is 0 Å². The zero-order valence-electron chi connectivity index (χ0n) is 16.4. The number of aliphatic hydroxyl groups is 1. The SMILES string of the molecule is CNC[C@H]1Oc2ncc(-c3cccc(F)c3)cc2C(=O)N([C@@H](C)CO)C[C@H]1C. The Morgan fingerprint density at radius 3 is 2.86 bits per heavy atom. The van der Waals surface area contributed by atoms with Crippen LogP contribution in [0.2, 0.25) is 0 Å². The highest BCUT2D eigenvalue weighted by Gasteiger charge is 2.33. The number of carbonyl (C=O) groups is 1. The molecule has 1 aliphatic rings. The summed E-state index contributed by atoms with van der Waals surface area (Å²) in [5.41, 5.74) is 1.58. The van der Waals surface area contributed by atoms with E-state index >= 15 is 0 Å². The molecule has 0 aliphatic carbocycles. The summed E-state index contributed by atoms with van der Waals surface area (Å²) in [5.74, 6) is -0.308. The van der Waals surface area contributed by atoms with Crippen molar-refractivity contribution in [2.75, 3.05) is 26.7 Å². The van der Waals surface area contributed by atoms with Gasteiger partial charge in [-0.2, -0.15) is 0 Å². The molecule has 6 nitrogen and oxygen atoms in total. The van der Waals surface area contributed by atoms with Crippen molar-refractivity contribution >= 4 is 5.91 Å². The predicted molar refractivity (Wildman–Crippen MR) is 105 cm³/mol. The van der Waals surface area contributed by atoms with E-state index in [4.69, 9.17) is 4.74 Å². The maximum Gasteiger partial charge on any atom is 0.259 e. The van der Waals surface area contributed by atoms with Crippen LogP contribution in [-0.2, 0) is 0 Å². The fraction of sp³-hybridized carbons (Fsp3) is 0.429. The Bertz CT molecular complexity index is 845. The lowest BCUT2D eigenvalue weighted by Gasteiger charge is -2.36. The summed E-state index contributed by atoms with van der Waals surface area (Å²) in [7, 11) is 1.84. The van der Waals surface area contributed by atoms with E-state index in [0.29, 0.717) is 29.8 Å². The quantitative estimate of drug-likeness (QED) is 0.824. The molecular weight excluding hydrogens is 361 g/mol. The molecule has 0 spiro atoms. The molecule has 0 fully saturated rings. The standard InChI is InChI=1S/C21H26FN3O3/c1-13-11-25(14(2)12-26)21(27)18-8-16(15-5-4-6-17(22)7-15)9-24-20(18)28-19(13)10-23-3/h4-9,13-14,19,23,26H,10-12H2,1-3H3/t13-,14+,19-/m1/s1. The predicted octanol–water partition coefficient (Wildman–Crippen LogP) is 2.33. The third kappa shape index (κ3) is 4.15. The number of nitrogens with zero attached hydrogens (tertiary/aromatic N) is 2. The molecule has 150 valence electrons. The molecule has 2 N–H and O–H groups in total. The van der Waals surface area contributed by atoms with Crippen molar-refractivity contribution in [3.8, 4) is 17.0 Å². The monoisotopic (exact) mass is 387 g/mol. The van der Waals surface area contributed by atoms with Crippen LogP contribution < -0.4 is 10.1 Å². The molecule has 0 bridgehead atoms. The fourth-order valence-electron chi connectivity index (χ4n) is 3.37.